The minimum absolute atomic E-state index is 0.595. The highest BCUT2D eigenvalue weighted by Gasteiger charge is 2.20. The van der Waals surface area contributed by atoms with Gasteiger partial charge in [-0.1, -0.05) is 24.3 Å². The zero-order chi connectivity index (χ0) is 13.5. The zero-order valence-electron chi connectivity index (χ0n) is 11.9. The Kier molecular flexibility index (Phi) is 5.43. The summed E-state index contributed by atoms with van der Waals surface area (Å²) in [7, 11) is 0. The van der Waals surface area contributed by atoms with Crippen molar-refractivity contribution < 1.29 is 0 Å². The van der Waals surface area contributed by atoms with E-state index in [-0.39, 0.29) is 0 Å². The van der Waals surface area contributed by atoms with Crippen molar-refractivity contribution in [2.24, 2.45) is 0 Å². The molecule has 0 spiro atoms. The molecule has 0 amide bonds. The van der Waals surface area contributed by atoms with Crippen molar-refractivity contribution in [2.45, 2.75) is 13.0 Å². The van der Waals surface area contributed by atoms with E-state index in [1.165, 1.54) is 5.69 Å². The number of piperazine rings is 1. The smallest absolute Gasteiger partial charge is 0.0367 e. The molecule has 1 N–H and O–H groups in total. The van der Waals surface area contributed by atoms with E-state index in [0.29, 0.717) is 6.04 Å². The third-order valence-electron chi connectivity index (χ3n) is 3.79. The molecule has 3 nitrogen and oxygen atoms in total. The van der Waals surface area contributed by atoms with E-state index in [1.807, 2.05) is 6.08 Å². The van der Waals surface area contributed by atoms with Gasteiger partial charge in [-0.2, -0.15) is 0 Å². The number of nitrogens with zero attached hydrogens (tertiary/aromatic N) is 2. The highest BCUT2D eigenvalue weighted by atomic mass is 15.3. The van der Waals surface area contributed by atoms with Gasteiger partial charge in [0, 0.05) is 51.0 Å². The molecule has 1 heterocycles. The molecule has 0 aromatic heterocycles. The van der Waals surface area contributed by atoms with Crippen LogP contribution in [0.3, 0.4) is 0 Å². The van der Waals surface area contributed by atoms with Crippen LogP contribution in [0.25, 0.3) is 0 Å². The summed E-state index contributed by atoms with van der Waals surface area (Å²) in [6, 6.07) is 11.3. The standard InChI is InChI=1S/C16H25N3/c1-3-9-17-14-15(2)18-10-12-19(13-11-18)16-7-5-4-6-8-16/h3-8,15,17H,1,9-14H2,2H3. The molecule has 0 aliphatic carbocycles. The fourth-order valence-electron chi connectivity index (χ4n) is 2.58. The van der Waals surface area contributed by atoms with Gasteiger partial charge in [0.1, 0.15) is 0 Å². The van der Waals surface area contributed by atoms with Crippen molar-refractivity contribution in [3.05, 3.63) is 43.0 Å². The van der Waals surface area contributed by atoms with Gasteiger partial charge in [0.05, 0.1) is 0 Å². The second-order valence-corrected chi connectivity index (χ2v) is 5.15. The monoisotopic (exact) mass is 259 g/mol. The molecule has 1 unspecified atom stereocenters. The molecular formula is C16H25N3. The van der Waals surface area contributed by atoms with Crippen LogP contribution in [0, 0.1) is 0 Å². The molecule has 1 aromatic rings. The predicted molar refractivity (Wildman–Crippen MR) is 82.8 cm³/mol. The predicted octanol–water partition coefficient (Wildman–Crippen LogP) is 1.97. The Balaban J connectivity index is 1.77. The summed E-state index contributed by atoms with van der Waals surface area (Å²) in [6.45, 7) is 12.5. The van der Waals surface area contributed by atoms with Crippen LogP contribution in [0.15, 0.2) is 43.0 Å². The highest BCUT2D eigenvalue weighted by molar-refractivity contribution is 5.46. The maximum atomic E-state index is 3.73. The van der Waals surface area contributed by atoms with Crippen LogP contribution in [-0.4, -0.2) is 50.2 Å². The number of hydrogen-bond donors (Lipinski definition) is 1. The maximum absolute atomic E-state index is 3.73. The van der Waals surface area contributed by atoms with E-state index < -0.39 is 0 Å². The molecule has 1 aromatic carbocycles. The third-order valence-corrected chi connectivity index (χ3v) is 3.79. The molecule has 1 aliphatic rings. The van der Waals surface area contributed by atoms with Crippen LogP contribution >= 0.6 is 0 Å². The topological polar surface area (TPSA) is 18.5 Å². The number of para-hydroxylation sites is 1. The van der Waals surface area contributed by atoms with Gasteiger partial charge in [0.15, 0.2) is 0 Å². The molecular weight excluding hydrogens is 234 g/mol. The quantitative estimate of drug-likeness (QED) is 0.622. The van der Waals surface area contributed by atoms with E-state index in [4.69, 9.17) is 0 Å². The van der Waals surface area contributed by atoms with Crippen LogP contribution in [0.2, 0.25) is 0 Å². The van der Waals surface area contributed by atoms with Gasteiger partial charge in [-0.05, 0) is 19.1 Å². The Labute approximate surface area is 116 Å². The van der Waals surface area contributed by atoms with Gasteiger partial charge in [0.2, 0.25) is 0 Å². The Hall–Kier alpha value is -1.32. The fraction of sp³-hybridized carbons (Fsp3) is 0.500. The van der Waals surface area contributed by atoms with Crippen LogP contribution in [-0.2, 0) is 0 Å². The van der Waals surface area contributed by atoms with Crippen LogP contribution in [0.4, 0.5) is 5.69 Å². The van der Waals surface area contributed by atoms with Gasteiger partial charge in [-0.25, -0.2) is 0 Å². The van der Waals surface area contributed by atoms with Gasteiger partial charge in [-0.3, -0.25) is 4.90 Å². The lowest BCUT2D eigenvalue weighted by Gasteiger charge is -2.39. The lowest BCUT2D eigenvalue weighted by atomic mass is 10.2. The van der Waals surface area contributed by atoms with E-state index >= 15 is 0 Å². The summed E-state index contributed by atoms with van der Waals surface area (Å²) >= 11 is 0. The Morgan fingerprint density at radius 3 is 2.53 bits per heavy atom. The molecule has 1 saturated heterocycles. The first-order valence-electron chi connectivity index (χ1n) is 7.17. The number of anilines is 1. The molecule has 2 rings (SSSR count). The molecule has 0 radical (unpaired) electrons. The second kappa shape index (κ2) is 7.31. The lowest BCUT2D eigenvalue weighted by Crippen LogP contribution is -2.52. The summed E-state index contributed by atoms with van der Waals surface area (Å²) in [4.78, 5) is 5.04. The van der Waals surface area contributed by atoms with Crippen molar-refractivity contribution in [3.63, 3.8) is 0 Å². The van der Waals surface area contributed by atoms with Crippen LogP contribution in [0.5, 0.6) is 0 Å². The van der Waals surface area contributed by atoms with Crippen LogP contribution in [0.1, 0.15) is 6.92 Å². The van der Waals surface area contributed by atoms with Crippen LogP contribution < -0.4 is 10.2 Å². The van der Waals surface area contributed by atoms with Gasteiger partial charge < -0.3 is 10.2 Å². The van der Waals surface area contributed by atoms with E-state index in [0.717, 1.165) is 39.3 Å². The normalized spacial score (nSPS) is 18.3. The van der Waals surface area contributed by atoms with E-state index in [9.17, 15) is 0 Å². The second-order valence-electron chi connectivity index (χ2n) is 5.15. The Morgan fingerprint density at radius 1 is 1.21 bits per heavy atom. The van der Waals surface area contributed by atoms with Crippen molar-refractivity contribution >= 4 is 5.69 Å². The lowest BCUT2D eigenvalue weighted by molar-refractivity contribution is 0.194. The average molecular weight is 259 g/mol. The van der Waals surface area contributed by atoms with E-state index in [1.54, 1.807) is 0 Å². The fourth-order valence-corrected chi connectivity index (χ4v) is 2.58. The molecule has 1 aliphatic heterocycles. The highest BCUT2D eigenvalue weighted by Crippen LogP contribution is 2.16. The van der Waals surface area contributed by atoms with Crippen molar-refractivity contribution in [1.29, 1.82) is 0 Å². The molecule has 104 valence electrons. The first-order chi connectivity index (χ1) is 9.31. The summed E-state index contributed by atoms with van der Waals surface area (Å²) in [6.07, 6.45) is 1.92. The third kappa shape index (κ3) is 4.08. The molecule has 19 heavy (non-hydrogen) atoms. The summed E-state index contributed by atoms with van der Waals surface area (Å²) in [5.41, 5.74) is 1.35. The molecule has 0 bridgehead atoms. The average Bonchev–Trinajstić information content (AvgIpc) is 2.48. The minimum Gasteiger partial charge on any atom is -0.369 e. The largest absolute Gasteiger partial charge is 0.369 e. The molecule has 3 heteroatoms. The number of benzene rings is 1. The molecule has 1 fully saturated rings. The minimum atomic E-state index is 0.595. The summed E-state index contributed by atoms with van der Waals surface area (Å²) < 4.78 is 0. The SMILES string of the molecule is C=CCNCC(C)N1CCN(c2ccccc2)CC1. The number of rotatable bonds is 6. The molecule has 1 atom stereocenters. The van der Waals surface area contributed by atoms with Crippen molar-refractivity contribution in [1.82, 2.24) is 10.2 Å². The number of nitrogens with one attached hydrogen (secondary N) is 1. The van der Waals surface area contributed by atoms with Gasteiger partial charge >= 0.3 is 0 Å². The molecule has 0 saturated carbocycles. The first kappa shape index (κ1) is 14.1. The van der Waals surface area contributed by atoms with Gasteiger partial charge in [-0.15, -0.1) is 6.58 Å². The van der Waals surface area contributed by atoms with E-state index in [2.05, 4.69) is 59.0 Å². The zero-order valence-corrected chi connectivity index (χ0v) is 11.9. The Bertz CT molecular complexity index is 369. The van der Waals surface area contributed by atoms with Crippen molar-refractivity contribution in [3.8, 4) is 0 Å². The Morgan fingerprint density at radius 2 is 1.89 bits per heavy atom. The summed E-state index contributed by atoms with van der Waals surface area (Å²) in [5, 5.41) is 3.40. The van der Waals surface area contributed by atoms with Gasteiger partial charge in [0.25, 0.3) is 0 Å². The number of hydrogen-bond acceptors (Lipinski definition) is 3. The summed E-state index contributed by atoms with van der Waals surface area (Å²) in [5.74, 6) is 0. The first-order valence-corrected chi connectivity index (χ1v) is 7.17. The van der Waals surface area contributed by atoms with Crippen molar-refractivity contribution in [2.75, 3.05) is 44.2 Å². The maximum Gasteiger partial charge on any atom is 0.0367 e.